The summed E-state index contributed by atoms with van der Waals surface area (Å²) in [5.74, 6) is 1.40. The molecule has 0 aliphatic carbocycles. The highest BCUT2D eigenvalue weighted by Gasteiger charge is 2.31. The first kappa shape index (κ1) is 13.4. The molecule has 0 amide bonds. The molecule has 100 valence electrons. The summed E-state index contributed by atoms with van der Waals surface area (Å²) in [7, 11) is 1.71. The highest BCUT2D eigenvalue weighted by atomic mass is 16.5. The van der Waals surface area contributed by atoms with Gasteiger partial charge in [0.2, 0.25) is 0 Å². The molecular formula is C15H23NO2. The molecule has 3 nitrogen and oxygen atoms in total. The number of benzene rings is 1. The van der Waals surface area contributed by atoms with Gasteiger partial charge in [0.05, 0.1) is 13.2 Å². The van der Waals surface area contributed by atoms with Gasteiger partial charge in [0.25, 0.3) is 0 Å². The Kier molecular flexibility index (Phi) is 4.61. The van der Waals surface area contributed by atoms with Gasteiger partial charge < -0.3 is 15.2 Å². The summed E-state index contributed by atoms with van der Waals surface area (Å²) < 4.78 is 11.1. The lowest BCUT2D eigenvalue weighted by atomic mass is 9.88. The van der Waals surface area contributed by atoms with Crippen molar-refractivity contribution >= 4 is 0 Å². The molecule has 1 aromatic carbocycles. The van der Waals surface area contributed by atoms with Gasteiger partial charge in [-0.2, -0.15) is 0 Å². The lowest BCUT2D eigenvalue weighted by Crippen LogP contribution is -2.37. The minimum Gasteiger partial charge on any atom is -0.496 e. The number of rotatable bonds is 5. The third-order valence-electron chi connectivity index (χ3n) is 3.86. The summed E-state index contributed by atoms with van der Waals surface area (Å²) in [6.45, 7) is 3.02. The molecule has 0 spiro atoms. The molecule has 1 aromatic rings. The van der Waals surface area contributed by atoms with Crippen molar-refractivity contribution < 1.29 is 9.47 Å². The molecule has 0 radical (unpaired) electrons. The molecule has 1 heterocycles. The zero-order valence-corrected chi connectivity index (χ0v) is 11.3. The summed E-state index contributed by atoms with van der Waals surface area (Å²) in [4.78, 5) is 0. The SMILES string of the molecule is CCC1OCCC1C(N)Cc1ccccc1OC. The lowest BCUT2D eigenvalue weighted by molar-refractivity contribution is 0.0813. The van der Waals surface area contributed by atoms with E-state index in [0.717, 1.165) is 31.6 Å². The summed E-state index contributed by atoms with van der Waals surface area (Å²) >= 11 is 0. The fraction of sp³-hybridized carbons (Fsp3) is 0.600. The van der Waals surface area contributed by atoms with Gasteiger partial charge in [-0.1, -0.05) is 25.1 Å². The molecule has 1 saturated heterocycles. The second-order valence-corrected chi connectivity index (χ2v) is 4.95. The van der Waals surface area contributed by atoms with Crippen molar-refractivity contribution in [3.05, 3.63) is 29.8 Å². The van der Waals surface area contributed by atoms with Crippen molar-refractivity contribution in [1.82, 2.24) is 0 Å². The van der Waals surface area contributed by atoms with Crippen LogP contribution in [0.2, 0.25) is 0 Å². The Balaban J connectivity index is 2.04. The molecule has 2 N–H and O–H groups in total. The molecule has 3 heteroatoms. The maximum absolute atomic E-state index is 6.37. The van der Waals surface area contributed by atoms with E-state index < -0.39 is 0 Å². The van der Waals surface area contributed by atoms with Crippen LogP contribution in [0.4, 0.5) is 0 Å². The summed E-state index contributed by atoms with van der Waals surface area (Å²) in [5, 5.41) is 0. The molecular weight excluding hydrogens is 226 g/mol. The number of hydrogen-bond acceptors (Lipinski definition) is 3. The van der Waals surface area contributed by atoms with Crippen LogP contribution in [-0.4, -0.2) is 25.9 Å². The maximum Gasteiger partial charge on any atom is 0.122 e. The van der Waals surface area contributed by atoms with E-state index in [1.807, 2.05) is 18.2 Å². The van der Waals surface area contributed by atoms with Gasteiger partial charge in [-0.15, -0.1) is 0 Å². The molecule has 0 aromatic heterocycles. The fourth-order valence-electron chi connectivity index (χ4n) is 2.85. The van der Waals surface area contributed by atoms with Crippen molar-refractivity contribution in [2.75, 3.05) is 13.7 Å². The molecule has 18 heavy (non-hydrogen) atoms. The largest absolute Gasteiger partial charge is 0.496 e. The van der Waals surface area contributed by atoms with Gasteiger partial charge in [-0.25, -0.2) is 0 Å². The first-order valence-corrected chi connectivity index (χ1v) is 6.75. The minimum absolute atomic E-state index is 0.147. The Morgan fingerprint density at radius 3 is 2.94 bits per heavy atom. The third kappa shape index (κ3) is 2.85. The predicted molar refractivity (Wildman–Crippen MR) is 72.8 cm³/mol. The molecule has 1 aliphatic rings. The van der Waals surface area contributed by atoms with Gasteiger partial charge >= 0.3 is 0 Å². The molecule has 0 bridgehead atoms. The van der Waals surface area contributed by atoms with Crippen molar-refractivity contribution in [1.29, 1.82) is 0 Å². The Morgan fingerprint density at radius 1 is 1.44 bits per heavy atom. The first-order chi connectivity index (χ1) is 8.76. The fourth-order valence-corrected chi connectivity index (χ4v) is 2.85. The molecule has 1 fully saturated rings. The van der Waals surface area contributed by atoms with Crippen molar-refractivity contribution in [3.63, 3.8) is 0 Å². The van der Waals surface area contributed by atoms with Crippen LogP contribution in [0.5, 0.6) is 5.75 Å². The predicted octanol–water partition coefficient (Wildman–Crippen LogP) is 2.38. The average molecular weight is 249 g/mol. The van der Waals surface area contributed by atoms with Crippen LogP contribution >= 0.6 is 0 Å². The molecule has 1 aliphatic heterocycles. The Bertz CT molecular complexity index is 381. The average Bonchev–Trinajstić information content (AvgIpc) is 2.87. The summed E-state index contributed by atoms with van der Waals surface area (Å²) in [6.07, 6.45) is 3.31. The van der Waals surface area contributed by atoms with Crippen molar-refractivity contribution in [2.45, 2.75) is 38.3 Å². The topological polar surface area (TPSA) is 44.5 Å². The Hall–Kier alpha value is -1.06. The second-order valence-electron chi connectivity index (χ2n) is 4.95. The molecule has 3 atom stereocenters. The molecule has 2 rings (SSSR count). The second kappa shape index (κ2) is 6.21. The number of nitrogens with two attached hydrogens (primary N) is 1. The van der Waals surface area contributed by atoms with E-state index in [1.165, 1.54) is 5.56 Å². The lowest BCUT2D eigenvalue weighted by Gasteiger charge is -2.24. The molecule has 0 saturated carbocycles. The van der Waals surface area contributed by atoms with Crippen LogP contribution in [-0.2, 0) is 11.2 Å². The van der Waals surface area contributed by atoms with E-state index in [-0.39, 0.29) is 6.04 Å². The van der Waals surface area contributed by atoms with E-state index in [1.54, 1.807) is 7.11 Å². The quantitative estimate of drug-likeness (QED) is 0.871. The van der Waals surface area contributed by atoms with Crippen LogP contribution in [0.25, 0.3) is 0 Å². The highest BCUT2D eigenvalue weighted by Crippen LogP contribution is 2.28. The van der Waals surface area contributed by atoms with Crippen LogP contribution in [0, 0.1) is 5.92 Å². The Morgan fingerprint density at radius 2 is 2.22 bits per heavy atom. The van der Waals surface area contributed by atoms with Crippen LogP contribution in [0.3, 0.4) is 0 Å². The van der Waals surface area contributed by atoms with Crippen molar-refractivity contribution in [3.8, 4) is 5.75 Å². The van der Waals surface area contributed by atoms with Crippen molar-refractivity contribution in [2.24, 2.45) is 11.7 Å². The normalized spacial score (nSPS) is 25.1. The van der Waals surface area contributed by atoms with Crippen LogP contribution in [0.1, 0.15) is 25.3 Å². The van der Waals surface area contributed by atoms with E-state index in [2.05, 4.69) is 13.0 Å². The standard InChI is InChI=1S/C15H23NO2/c1-3-14-12(8-9-18-14)13(16)10-11-6-4-5-7-15(11)17-2/h4-7,12-14H,3,8-10,16H2,1-2H3. The van der Waals surface area contributed by atoms with Gasteiger partial charge in [-0.3, -0.25) is 0 Å². The number of para-hydroxylation sites is 1. The first-order valence-electron chi connectivity index (χ1n) is 6.75. The van der Waals surface area contributed by atoms with E-state index >= 15 is 0 Å². The Labute approximate surface area is 109 Å². The number of hydrogen-bond donors (Lipinski definition) is 1. The van der Waals surface area contributed by atoms with E-state index in [9.17, 15) is 0 Å². The van der Waals surface area contributed by atoms with E-state index in [4.69, 9.17) is 15.2 Å². The zero-order valence-electron chi connectivity index (χ0n) is 11.3. The van der Waals surface area contributed by atoms with E-state index in [0.29, 0.717) is 12.0 Å². The van der Waals surface area contributed by atoms with Gasteiger partial charge in [0.1, 0.15) is 5.75 Å². The summed E-state index contributed by atoms with van der Waals surface area (Å²) in [6, 6.07) is 8.25. The smallest absolute Gasteiger partial charge is 0.122 e. The minimum atomic E-state index is 0.147. The summed E-state index contributed by atoms with van der Waals surface area (Å²) in [5.41, 5.74) is 7.55. The third-order valence-corrected chi connectivity index (χ3v) is 3.86. The van der Waals surface area contributed by atoms with Gasteiger partial charge in [0, 0.05) is 18.6 Å². The number of ether oxygens (including phenoxy) is 2. The number of methoxy groups -OCH3 is 1. The van der Waals surface area contributed by atoms with Crippen LogP contribution in [0.15, 0.2) is 24.3 Å². The van der Waals surface area contributed by atoms with Gasteiger partial charge in [0.15, 0.2) is 0 Å². The zero-order chi connectivity index (χ0) is 13.0. The van der Waals surface area contributed by atoms with Crippen LogP contribution < -0.4 is 10.5 Å². The molecule has 3 unspecified atom stereocenters. The maximum atomic E-state index is 6.37. The monoisotopic (exact) mass is 249 g/mol. The highest BCUT2D eigenvalue weighted by molar-refractivity contribution is 5.33. The van der Waals surface area contributed by atoms with Gasteiger partial charge in [-0.05, 0) is 30.9 Å².